The second-order valence-electron chi connectivity index (χ2n) is 9.08. The Kier molecular flexibility index (Phi) is 8.09. The van der Waals surface area contributed by atoms with Crippen molar-refractivity contribution in [3.8, 4) is 18.1 Å². The third-order valence-corrected chi connectivity index (χ3v) is 7.09. The molecule has 4 rings (SSSR count). The van der Waals surface area contributed by atoms with Crippen molar-refractivity contribution in [1.82, 2.24) is 9.80 Å². The zero-order valence-electron chi connectivity index (χ0n) is 19.5. The summed E-state index contributed by atoms with van der Waals surface area (Å²) < 4.78 is 5.44. The van der Waals surface area contributed by atoms with Gasteiger partial charge >= 0.3 is 0 Å². The van der Waals surface area contributed by atoms with Crippen molar-refractivity contribution in [2.75, 3.05) is 57.8 Å². The fourth-order valence-electron chi connectivity index (χ4n) is 5.18. The van der Waals surface area contributed by atoms with Gasteiger partial charge in [0, 0.05) is 37.9 Å². The Morgan fingerprint density at radius 1 is 1.03 bits per heavy atom. The molecule has 0 aromatic heterocycles. The molecule has 2 aromatic carbocycles. The minimum atomic E-state index is 0.542. The van der Waals surface area contributed by atoms with E-state index in [9.17, 15) is 0 Å². The van der Waals surface area contributed by atoms with E-state index < -0.39 is 0 Å². The van der Waals surface area contributed by atoms with E-state index in [1.54, 1.807) is 7.11 Å². The summed E-state index contributed by atoms with van der Waals surface area (Å²) in [6.45, 7) is 7.60. The maximum absolute atomic E-state index is 5.73. The lowest BCUT2D eigenvalue weighted by molar-refractivity contribution is 0.190. The number of anilines is 1. The quantitative estimate of drug-likeness (QED) is 0.440. The molecule has 0 spiro atoms. The molecule has 1 unspecified atom stereocenters. The minimum Gasteiger partial charge on any atom is -0.497 e. The standard InChI is InChI=1S/C28H37N3O/c1-3-15-30(27-13-11-24-12-14-28(32-2)23-25(24)22-27)17-8-7-16-29-18-20-31(21-19-29)26-9-5-4-6-10-26/h1,4-6,9-10,12,14,23,27H,7-8,11,13,15-22H2,2H3. The zero-order chi connectivity index (χ0) is 22.2. The maximum atomic E-state index is 5.73. The van der Waals surface area contributed by atoms with E-state index in [2.05, 4.69) is 69.2 Å². The molecule has 0 N–H and O–H groups in total. The number of aryl methyl sites for hydroxylation is 1. The molecule has 170 valence electrons. The van der Waals surface area contributed by atoms with Gasteiger partial charge in [-0.05, 0) is 80.6 Å². The summed E-state index contributed by atoms with van der Waals surface area (Å²) in [5, 5.41) is 0. The van der Waals surface area contributed by atoms with Gasteiger partial charge in [0.1, 0.15) is 5.75 Å². The highest BCUT2D eigenvalue weighted by molar-refractivity contribution is 5.46. The van der Waals surface area contributed by atoms with Crippen LogP contribution in [0, 0.1) is 12.3 Å². The average molecular weight is 432 g/mol. The summed E-state index contributed by atoms with van der Waals surface area (Å²) in [6, 6.07) is 17.9. The topological polar surface area (TPSA) is 19.0 Å². The van der Waals surface area contributed by atoms with Crippen LogP contribution < -0.4 is 9.64 Å². The summed E-state index contributed by atoms with van der Waals surface area (Å²) in [4.78, 5) is 7.66. The molecule has 0 saturated carbocycles. The monoisotopic (exact) mass is 431 g/mol. The van der Waals surface area contributed by atoms with Crippen LogP contribution in [-0.2, 0) is 12.8 Å². The van der Waals surface area contributed by atoms with Crippen molar-refractivity contribution in [2.45, 2.75) is 38.1 Å². The van der Waals surface area contributed by atoms with Crippen molar-refractivity contribution >= 4 is 5.69 Å². The summed E-state index contributed by atoms with van der Waals surface area (Å²) in [7, 11) is 1.74. The highest BCUT2D eigenvalue weighted by Crippen LogP contribution is 2.28. The molecule has 0 radical (unpaired) electrons. The SMILES string of the molecule is C#CCN(CCCCN1CCN(c2ccccc2)CC1)C1CCc2ccc(OC)cc2C1. The van der Waals surface area contributed by atoms with Crippen LogP contribution >= 0.6 is 0 Å². The normalized spacial score (nSPS) is 18.9. The average Bonchev–Trinajstić information content (AvgIpc) is 2.86. The van der Waals surface area contributed by atoms with E-state index in [1.807, 2.05) is 0 Å². The predicted molar refractivity (Wildman–Crippen MR) is 134 cm³/mol. The van der Waals surface area contributed by atoms with E-state index in [0.717, 1.165) is 57.9 Å². The maximum Gasteiger partial charge on any atom is 0.119 e. The number of hydrogen-bond donors (Lipinski definition) is 0. The Morgan fingerprint density at radius 3 is 2.59 bits per heavy atom. The zero-order valence-corrected chi connectivity index (χ0v) is 19.5. The van der Waals surface area contributed by atoms with Crippen LogP contribution in [0.25, 0.3) is 0 Å². The number of para-hydroxylation sites is 1. The lowest BCUT2D eigenvalue weighted by Gasteiger charge is -2.36. The number of methoxy groups -OCH3 is 1. The van der Waals surface area contributed by atoms with Crippen molar-refractivity contribution < 1.29 is 4.74 Å². The minimum absolute atomic E-state index is 0.542. The number of rotatable bonds is 9. The molecule has 4 heteroatoms. The highest BCUT2D eigenvalue weighted by Gasteiger charge is 2.24. The van der Waals surface area contributed by atoms with Gasteiger partial charge in [0.2, 0.25) is 0 Å². The van der Waals surface area contributed by atoms with Gasteiger partial charge in [-0.15, -0.1) is 6.42 Å². The predicted octanol–water partition coefficient (Wildman–Crippen LogP) is 4.09. The number of fused-ring (bicyclic) bond motifs is 1. The molecule has 1 saturated heterocycles. The first-order valence-corrected chi connectivity index (χ1v) is 12.1. The fraction of sp³-hybridized carbons (Fsp3) is 0.500. The Bertz CT molecular complexity index is 883. The van der Waals surface area contributed by atoms with E-state index in [0.29, 0.717) is 6.04 Å². The number of benzene rings is 2. The third-order valence-electron chi connectivity index (χ3n) is 7.09. The van der Waals surface area contributed by atoms with Crippen LogP contribution in [-0.4, -0.2) is 68.8 Å². The summed E-state index contributed by atoms with van der Waals surface area (Å²) >= 11 is 0. The van der Waals surface area contributed by atoms with Crippen molar-refractivity contribution in [1.29, 1.82) is 0 Å². The number of unbranched alkanes of at least 4 members (excludes halogenated alkanes) is 1. The number of piperazine rings is 1. The first-order chi connectivity index (χ1) is 15.8. The first-order valence-electron chi connectivity index (χ1n) is 12.1. The lowest BCUT2D eigenvalue weighted by Crippen LogP contribution is -2.46. The van der Waals surface area contributed by atoms with Crippen LogP contribution in [0.2, 0.25) is 0 Å². The molecule has 1 atom stereocenters. The van der Waals surface area contributed by atoms with Crippen LogP contribution in [0.1, 0.15) is 30.4 Å². The molecule has 1 heterocycles. The molecule has 0 bridgehead atoms. The molecule has 2 aliphatic rings. The molecule has 1 aliphatic carbocycles. The largest absolute Gasteiger partial charge is 0.497 e. The van der Waals surface area contributed by atoms with Gasteiger partial charge in [-0.25, -0.2) is 0 Å². The lowest BCUT2D eigenvalue weighted by atomic mass is 9.87. The summed E-state index contributed by atoms with van der Waals surface area (Å²) in [5.41, 5.74) is 4.25. The van der Waals surface area contributed by atoms with Crippen molar-refractivity contribution in [3.05, 3.63) is 59.7 Å². The molecule has 4 nitrogen and oxygen atoms in total. The van der Waals surface area contributed by atoms with Crippen LogP contribution in [0.3, 0.4) is 0 Å². The van der Waals surface area contributed by atoms with Gasteiger partial charge in [-0.2, -0.15) is 0 Å². The number of hydrogen-bond acceptors (Lipinski definition) is 4. The molecule has 1 fully saturated rings. The Morgan fingerprint density at radius 2 is 1.84 bits per heavy atom. The van der Waals surface area contributed by atoms with Crippen LogP contribution in [0.15, 0.2) is 48.5 Å². The first kappa shape index (κ1) is 22.7. The molecular weight excluding hydrogens is 394 g/mol. The van der Waals surface area contributed by atoms with Crippen LogP contribution in [0.4, 0.5) is 5.69 Å². The van der Waals surface area contributed by atoms with Gasteiger partial charge in [0.15, 0.2) is 0 Å². The summed E-state index contributed by atoms with van der Waals surface area (Å²) in [6.07, 6.45) is 11.6. The van der Waals surface area contributed by atoms with Gasteiger partial charge in [-0.1, -0.05) is 30.2 Å². The van der Waals surface area contributed by atoms with E-state index in [1.165, 1.54) is 42.6 Å². The van der Waals surface area contributed by atoms with Crippen molar-refractivity contribution in [3.63, 3.8) is 0 Å². The van der Waals surface area contributed by atoms with Crippen molar-refractivity contribution in [2.24, 2.45) is 0 Å². The molecule has 2 aromatic rings. The number of ether oxygens (including phenoxy) is 1. The van der Waals surface area contributed by atoms with Gasteiger partial charge in [0.05, 0.1) is 13.7 Å². The highest BCUT2D eigenvalue weighted by atomic mass is 16.5. The second kappa shape index (κ2) is 11.4. The van der Waals surface area contributed by atoms with E-state index in [4.69, 9.17) is 11.2 Å². The molecule has 0 amide bonds. The third kappa shape index (κ3) is 5.85. The molecule has 32 heavy (non-hydrogen) atoms. The molecule has 1 aliphatic heterocycles. The Hall–Kier alpha value is -2.48. The van der Waals surface area contributed by atoms with E-state index in [-0.39, 0.29) is 0 Å². The number of nitrogens with zero attached hydrogens (tertiary/aromatic N) is 3. The summed E-state index contributed by atoms with van der Waals surface area (Å²) in [5.74, 6) is 3.87. The fourth-order valence-corrected chi connectivity index (χ4v) is 5.18. The van der Waals surface area contributed by atoms with Crippen LogP contribution in [0.5, 0.6) is 5.75 Å². The van der Waals surface area contributed by atoms with Gasteiger partial charge in [0.25, 0.3) is 0 Å². The smallest absolute Gasteiger partial charge is 0.119 e. The Labute approximate surface area is 194 Å². The molecular formula is C28H37N3O. The van der Waals surface area contributed by atoms with Gasteiger partial charge in [-0.3, -0.25) is 9.80 Å². The number of terminal acetylenes is 1. The Balaban J connectivity index is 1.21. The van der Waals surface area contributed by atoms with E-state index >= 15 is 0 Å². The van der Waals surface area contributed by atoms with Gasteiger partial charge < -0.3 is 9.64 Å². The second-order valence-corrected chi connectivity index (χ2v) is 9.08.